The third-order valence-electron chi connectivity index (χ3n) is 5.35. The van der Waals surface area contributed by atoms with Gasteiger partial charge in [0.1, 0.15) is 17.3 Å². The Morgan fingerprint density at radius 1 is 1.15 bits per heavy atom. The number of benzene rings is 2. The summed E-state index contributed by atoms with van der Waals surface area (Å²) in [7, 11) is 2.92. The van der Waals surface area contributed by atoms with E-state index >= 15 is 0 Å². The number of halogens is 4. The van der Waals surface area contributed by atoms with Crippen LogP contribution in [0.25, 0.3) is 0 Å². The Morgan fingerprint density at radius 3 is 2.52 bits per heavy atom. The van der Waals surface area contributed by atoms with Gasteiger partial charge in [-0.05, 0) is 29.8 Å². The fourth-order valence-electron chi connectivity index (χ4n) is 3.69. The molecule has 1 aliphatic rings. The minimum absolute atomic E-state index is 0.0929. The Hall–Kier alpha value is -3.40. The molecule has 3 aromatic rings. The summed E-state index contributed by atoms with van der Waals surface area (Å²) in [5, 5.41) is 10.1. The lowest BCUT2D eigenvalue weighted by atomic mass is 9.97. The molecule has 0 spiro atoms. The Morgan fingerprint density at radius 2 is 1.88 bits per heavy atom. The highest BCUT2D eigenvalue weighted by molar-refractivity contribution is 6.30. The highest BCUT2D eigenvalue weighted by Crippen LogP contribution is 2.43. The number of rotatable bonds is 5. The normalized spacial score (nSPS) is 17.6. The molecule has 2 aromatic carbocycles. The molecule has 33 heavy (non-hydrogen) atoms. The molecular weight excluding hydrogens is 461 g/mol. The van der Waals surface area contributed by atoms with E-state index in [1.807, 2.05) is 0 Å². The number of anilines is 2. The van der Waals surface area contributed by atoms with E-state index in [1.165, 1.54) is 20.3 Å². The average molecular weight is 481 g/mol. The van der Waals surface area contributed by atoms with E-state index in [0.717, 1.165) is 4.68 Å². The number of fused-ring (bicyclic) bond motifs is 1. The van der Waals surface area contributed by atoms with Gasteiger partial charge < -0.3 is 20.1 Å². The van der Waals surface area contributed by atoms with Crippen LogP contribution in [0.2, 0.25) is 5.02 Å². The number of aromatic nitrogens is 2. The van der Waals surface area contributed by atoms with Crippen LogP contribution in [0, 0.1) is 0 Å². The van der Waals surface area contributed by atoms with Crippen LogP contribution in [0.1, 0.15) is 34.6 Å². The lowest BCUT2D eigenvalue weighted by Crippen LogP contribution is -2.35. The van der Waals surface area contributed by atoms with Crippen LogP contribution in [0.4, 0.5) is 24.7 Å². The molecule has 0 radical (unpaired) electrons. The summed E-state index contributed by atoms with van der Waals surface area (Å²) in [5.74, 6) is 0.273. The number of methoxy groups -OCH3 is 2. The lowest BCUT2D eigenvalue weighted by Gasteiger charge is -2.33. The molecule has 1 aliphatic heterocycles. The second-order valence-corrected chi connectivity index (χ2v) is 7.86. The predicted octanol–water partition coefficient (Wildman–Crippen LogP) is 5.47. The zero-order chi connectivity index (χ0) is 23.8. The number of hydrogen-bond donors (Lipinski definition) is 2. The van der Waals surface area contributed by atoms with Gasteiger partial charge in [-0.15, -0.1) is 0 Å². The van der Waals surface area contributed by atoms with Crippen molar-refractivity contribution in [2.24, 2.45) is 0 Å². The number of hydrogen-bond acceptors (Lipinski definition) is 5. The van der Waals surface area contributed by atoms with Gasteiger partial charge in [0.15, 0.2) is 11.7 Å². The van der Waals surface area contributed by atoms with Crippen LogP contribution < -0.4 is 20.1 Å². The number of alkyl halides is 3. The fourth-order valence-corrected chi connectivity index (χ4v) is 3.81. The molecule has 4 rings (SSSR count). The Labute approximate surface area is 192 Å². The van der Waals surface area contributed by atoms with Crippen molar-refractivity contribution in [2.75, 3.05) is 24.9 Å². The van der Waals surface area contributed by atoms with Gasteiger partial charge in [0.2, 0.25) is 0 Å². The van der Waals surface area contributed by atoms with Crippen LogP contribution >= 0.6 is 11.6 Å². The molecule has 0 aliphatic carbocycles. The average Bonchev–Trinajstić information content (AvgIpc) is 3.22. The van der Waals surface area contributed by atoms with Crippen molar-refractivity contribution in [3.8, 4) is 11.5 Å². The third-order valence-corrected chi connectivity index (χ3v) is 5.60. The van der Waals surface area contributed by atoms with E-state index < -0.39 is 24.2 Å². The molecule has 2 N–H and O–H groups in total. The number of carbonyl (C=O) groups excluding carboxylic acids is 1. The molecule has 1 aromatic heterocycles. The van der Waals surface area contributed by atoms with E-state index in [-0.39, 0.29) is 17.9 Å². The predicted molar refractivity (Wildman–Crippen MR) is 117 cm³/mol. The van der Waals surface area contributed by atoms with Crippen molar-refractivity contribution in [3.63, 3.8) is 0 Å². The zero-order valence-corrected chi connectivity index (χ0v) is 18.4. The molecule has 0 bridgehead atoms. The molecule has 11 heteroatoms. The topological polar surface area (TPSA) is 77.4 Å². The molecule has 0 saturated carbocycles. The summed E-state index contributed by atoms with van der Waals surface area (Å²) < 4.78 is 52.8. The summed E-state index contributed by atoms with van der Waals surface area (Å²) in [5.41, 5.74) is 0.810. The zero-order valence-electron chi connectivity index (χ0n) is 17.6. The van der Waals surface area contributed by atoms with Crippen LogP contribution in [0.15, 0.2) is 48.5 Å². The first kappa shape index (κ1) is 22.8. The molecule has 1 amide bonds. The van der Waals surface area contributed by atoms with E-state index in [4.69, 9.17) is 21.1 Å². The lowest BCUT2D eigenvalue weighted by molar-refractivity contribution is -0.173. The Balaban J connectivity index is 1.63. The molecule has 0 saturated heterocycles. The van der Waals surface area contributed by atoms with E-state index in [1.54, 1.807) is 42.5 Å². The standard InChI is InChI=1S/C22H20ClF3N4O3/c1-32-14-7-8-15(18(9-14)33-2)28-21(31)17-11-20-27-16(12-3-5-13(23)6-4-12)10-19(22(24,25)26)30(20)29-17/h3-9,11,16,19,27H,10H2,1-2H3,(H,28,31)/t16-,19-/m1/s1. The van der Waals surface area contributed by atoms with Crippen LogP contribution in [0.3, 0.4) is 0 Å². The van der Waals surface area contributed by atoms with Crippen LogP contribution in [-0.4, -0.2) is 36.1 Å². The first-order valence-corrected chi connectivity index (χ1v) is 10.3. The summed E-state index contributed by atoms with van der Waals surface area (Å²) in [6.45, 7) is 0. The van der Waals surface area contributed by atoms with Crippen molar-refractivity contribution in [1.82, 2.24) is 9.78 Å². The minimum atomic E-state index is -4.56. The maximum absolute atomic E-state index is 13.9. The molecule has 0 unspecified atom stereocenters. The molecule has 174 valence electrons. The van der Waals surface area contributed by atoms with Crippen molar-refractivity contribution in [2.45, 2.75) is 24.7 Å². The highest BCUT2D eigenvalue weighted by atomic mass is 35.5. The van der Waals surface area contributed by atoms with Crippen molar-refractivity contribution >= 4 is 29.0 Å². The number of amides is 1. The van der Waals surface area contributed by atoms with E-state index in [9.17, 15) is 18.0 Å². The molecule has 7 nitrogen and oxygen atoms in total. The highest BCUT2D eigenvalue weighted by Gasteiger charge is 2.46. The van der Waals surface area contributed by atoms with Gasteiger partial charge in [0.05, 0.1) is 25.9 Å². The van der Waals surface area contributed by atoms with Crippen molar-refractivity contribution in [3.05, 3.63) is 64.8 Å². The van der Waals surface area contributed by atoms with Gasteiger partial charge in [-0.1, -0.05) is 23.7 Å². The first-order valence-electron chi connectivity index (χ1n) is 9.91. The maximum Gasteiger partial charge on any atom is 0.410 e. The summed E-state index contributed by atoms with van der Waals surface area (Å²) in [6.07, 6.45) is -4.84. The summed E-state index contributed by atoms with van der Waals surface area (Å²) in [4.78, 5) is 12.8. The SMILES string of the molecule is COc1ccc(NC(=O)c2cc3n(n2)[C@@H](C(F)(F)F)C[C@H](c2ccc(Cl)cc2)N3)c(OC)c1. The molecular formula is C22H20ClF3N4O3. The molecule has 2 heterocycles. The van der Waals surface area contributed by atoms with Gasteiger partial charge in [-0.25, -0.2) is 4.68 Å². The second kappa shape index (κ2) is 8.86. The van der Waals surface area contributed by atoms with Crippen molar-refractivity contribution < 1.29 is 27.4 Å². The monoisotopic (exact) mass is 480 g/mol. The van der Waals surface area contributed by atoms with Gasteiger partial charge in [-0.2, -0.15) is 18.3 Å². The number of ether oxygens (including phenoxy) is 2. The fraction of sp³-hybridized carbons (Fsp3) is 0.273. The minimum Gasteiger partial charge on any atom is -0.497 e. The van der Waals surface area contributed by atoms with E-state index in [2.05, 4.69) is 15.7 Å². The van der Waals surface area contributed by atoms with Gasteiger partial charge in [0.25, 0.3) is 5.91 Å². The van der Waals surface area contributed by atoms with Crippen molar-refractivity contribution in [1.29, 1.82) is 0 Å². The van der Waals surface area contributed by atoms with Gasteiger partial charge in [0, 0.05) is 23.6 Å². The first-order chi connectivity index (χ1) is 15.7. The molecule has 2 atom stereocenters. The largest absolute Gasteiger partial charge is 0.497 e. The number of nitrogens with zero attached hydrogens (tertiary/aromatic N) is 2. The quantitative estimate of drug-likeness (QED) is 0.506. The number of carbonyl (C=O) groups is 1. The maximum atomic E-state index is 13.9. The number of nitrogens with one attached hydrogen (secondary N) is 2. The van der Waals surface area contributed by atoms with Crippen LogP contribution in [0.5, 0.6) is 11.5 Å². The third kappa shape index (κ3) is 4.70. The second-order valence-electron chi connectivity index (χ2n) is 7.42. The van der Waals surface area contributed by atoms with Crippen LogP contribution in [-0.2, 0) is 0 Å². The Kier molecular flexibility index (Phi) is 6.11. The smallest absolute Gasteiger partial charge is 0.410 e. The molecule has 0 fully saturated rings. The summed E-state index contributed by atoms with van der Waals surface area (Å²) >= 11 is 5.90. The summed E-state index contributed by atoms with van der Waals surface area (Å²) in [6, 6.07) is 10.1. The Bertz CT molecular complexity index is 1160. The van der Waals surface area contributed by atoms with Gasteiger partial charge in [-0.3, -0.25) is 4.79 Å². The van der Waals surface area contributed by atoms with E-state index in [0.29, 0.717) is 27.8 Å². The van der Waals surface area contributed by atoms with Gasteiger partial charge >= 0.3 is 6.18 Å².